The van der Waals surface area contributed by atoms with Crippen LogP contribution < -0.4 is 5.32 Å². The van der Waals surface area contributed by atoms with Crippen molar-refractivity contribution in [3.63, 3.8) is 0 Å². The van der Waals surface area contributed by atoms with E-state index in [1.807, 2.05) is 23.1 Å². The minimum absolute atomic E-state index is 0.0208. The number of rotatable bonds is 14. The Hall–Kier alpha value is -4.04. The molecule has 0 aliphatic rings. The van der Waals surface area contributed by atoms with E-state index in [2.05, 4.69) is 83.0 Å². The van der Waals surface area contributed by atoms with E-state index in [4.69, 9.17) is 10.2 Å². The smallest absolute Gasteiger partial charge is 0.210 e. The van der Waals surface area contributed by atoms with Crippen LogP contribution in [0.1, 0.15) is 28.7 Å². The Kier molecular flexibility index (Phi) is 16.9. The molecule has 0 aliphatic heterocycles. The SMILES string of the molecule is CO.Cc1cc(O)cc(F)c1.O=CN(CCNCCCN(Cc1ccccc1)Cc1ccccc1)Cc1ccccc1. The number of carbonyl (C=O) groups is 1. The van der Waals surface area contributed by atoms with Gasteiger partial charge in [-0.15, -0.1) is 0 Å². The highest BCUT2D eigenvalue weighted by Crippen LogP contribution is 2.13. The normalized spacial score (nSPS) is 10.2. The summed E-state index contributed by atoms with van der Waals surface area (Å²) < 4.78 is 12.3. The minimum Gasteiger partial charge on any atom is -0.508 e. The van der Waals surface area contributed by atoms with Crippen molar-refractivity contribution in [2.24, 2.45) is 0 Å². The van der Waals surface area contributed by atoms with Crippen molar-refractivity contribution in [3.8, 4) is 5.75 Å². The highest BCUT2D eigenvalue weighted by Gasteiger charge is 2.07. The Morgan fingerprint density at radius 2 is 1.21 bits per heavy atom. The molecule has 0 bridgehead atoms. The number of hydrogen-bond donors (Lipinski definition) is 3. The molecular formula is C35H44FN3O3. The van der Waals surface area contributed by atoms with Crippen molar-refractivity contribution in [1.29, 1.82) is 0 Å². The van der Waals surface area contributed by atoms with E-state index in [0.29, 0.717) is 6.54 Å². The van der Waals surface area contributed by atoms with Gasteiger partial charge in [0.25, 0.3) is 0 Å². The van der Waals surface area contributed by atoms with Gasteiger partial charge in [-0.25, -0.2) is 4.39 Å². The fraction of sp³-hybridized carbons (Fsp3) is 0.286. The molecule has 0 saturated carbocycles. The first-order chi connectivity index (χ1) is 20.5. The third-order valence-corrected chi connectivity index (χ3v) is 6.31. The predicted molar refractivity (Wildman–Crippen MR) is 168 cm³/mol. The molecule has 4 aromatic carbocycles. The van der Waals surface area contributed by atoms with E-state index >= 15 is 0 Å². The number of aliphatic hydroxyl groups is 1. The number of nitrogens with zero attached hydrogens (tertiary/aromatic N) is 2. The maximum atomic E-state index is 12.3. The Balaban J connectivity index is 0.000000473. The number of phenols is 1. The van der Waals surface area contributed by atoms with Gasteiger partial charge in [-0.3, -0.25) is 9.69 Å². The first-order valence-electron chi connectivity index (χ1n) is 14.2. The quantitative estimate of drug-likeness (QED) is 0.132. The summed E-state index contributed by atoms with van der Waals surface area (Å²) >= 11 is 0. The van der Waals surface area contributed by atoms with Gasteiger partial charge in [0, 0.05) is 52.4 Å². The maximum absolute atomic E-state index is 12.3. The largest absolute Gasteiger partial charge is 0.508 e. The molecule has 0 heterocycles. The van der Waals surface area contributed by atoms with Gasteiger partial charge in [0.1, 0.15) is 11.6 Å². The lowest BCUT2D eigenvalue weighted by molar-refractivity contribution is -0.118. The van der Waals surface area contributed by atoms with Crippen LogP contribution >= 0.6 is 0 Å². The minimum atomic E-state index is -0.396. The lowest BCUT2D eigenvalue weighted by Crippen LogP contribution is -2.32. The molecule has 4 rings (SSSR count). The number of aryl methyl sites for hydroxylation is 1. The second-order valence-electron chi connectivity index (χ2n) is 9.83. The van der Waals surface area contributed by atoms with Crippen LogP contribution in [-0.4, -0.2) is 59.7 Å². The maximum Gasteiger partial charge on any atom is 0.210 e. The van der Waals surface area contributed by atoms with Crippen molar-refractivity contribution in [2.45, 2.75) is 33.0 Å². The summed E-state index contributed by atoms with van der Waals surface area (Å²) in [6.45, 7) is 7.78. The number of aliphatic hydroxyl groups excluding tert-OH is 1. The average molecular weight is 574 g/mol. The van der Waals surface area contributed by atoms with Crippen molar-refractivity contribution < 1.29 is 19.4 Å². The molecule has 0 aromatic heterocycles. The monoisotopic (exact) mass is 573 g/mol. The van der Waals surface area contributed by atoms with Crippen LogP contribution in [0.2, 0.25) is 0 Å². The molecule has 1 amide bonds. The lowest BCUT2D eigenvalue weighted by Gasteiger charge is -2.23. The van der Waals surface area contributed by atoms with Gasteiger partial charge in [0.15, 0.2) is 0 Å². The molecule has 0 spiro atoms. The van der Waals surface area contributed by atoms with Crippen molar-refractivity contribution in [1.82, 2.24) is 15.1 Å². The second-order valence-corrected chi connectivity index (χ2v) is 9.83. The number of amides is 1. The summed E-state index contributed by atoms with van der Waals surface area (Å²) in [6, 6.07) is 35.4. The third kappa shape index (κ3) is 14.6. The van der Waals surface area contributed by atoms with E-state index < -0.39 is 5.82 Å². The first kappa shape index (κ1) is 34.2. The molecule has 4 aromatic rings. The number of nitrogens with one attached hydrogen (secondary N) is 1. The molecule has 224 valence electrons. The molecule has 6 nitrogen and oxygen atoms in total. The number of benzene rings is 4. The summed E-state index contributed by atoms with van der Waals surface area (Å²) in [7, 11) is 1.00. The molecule has 7 heteroatoms. The van der Waals surface area contributed by atoms with Gasteiger partial charge in [-0.1, -0.05) is 91.0 Å². The summed E-state index contributed by atoms with van der Waals surface area (Å²) in [5, 5.41) is 19.2. The Morgan fingerprint density at radius 3 is 1.67 bits per heavy atom. The van der Waals surface area contributed by atoms with Gasteiger partial charge in [-0.2, -0.15) is 0 Å². The van der Waals surface area contributed by atoms with Gasteiger partial charge in [0.2, 0.25) is 6.41 Å². The summed E-state index contributed by atoms with van der Waals surface area (Å²) in [5.41, 5.74) is 4.57. The zero-order valence-corrected chi connectivity index (χ0v) is 24.7. The van der Waals surface area contributed by atoms with Gasteiger partial charge in [-0.05, 0) is 54.3 Å². The Bertz CT molecular complexity index is 1150. The lowest BCUT2D eigenvalue weighted by atomic mass is 10.1. The van der Waals surface area contributed by atoms with Crippen LogP contribution in [0, 0.1) is 12.7 Å². The van der Waals surface area contributed by atoms with Gasteiger partial charge in [0.05, 0.1) is 0 Å². The van der Waals surface area contributed by atoms with E-state index in [1.165, 1.54) is 23.3 Å². The topological polar surface area (TPSA) is 76.0 Å². The van der Waals surface area contributed by atoms with Crippen LogP contribution in [0.5, 0.6) is 5.75 Å². The molecule has 0 aliphatic carbocycles. The zero-order chi connectivity index (χ0) is 30.4. The van der Waals surface area contributed by atoms with Crippen LogP contribution in [0.15, 0.2) is 109 Å². The van der Waals surface area contributed by atoms with Crippen molar-refractivity contribution >= 4 is 6.41 Å². The summed E-state index contributed by atoms with van der Waals surface area (Å²) in [6.07, 6.45) is 2.01. The van der Waals surface area contributed by atoms with Crippen molar-refractivity contribution in [3.05, 3.63) is 137 Å². The number of phenolic OH excluding ortho intramolecular Hbond substituents is 1. The van der Waals surface area contributed by atoms with Crippen LogP contribution in [-0.2, 0) is 24.4 Å². The Labute approximate surface area is 250 Å². The third-order valence-electron chi connectivity index (χ3n) is 6.31. The number of halogens is 1. The number of aromatic hydroxyl groups is 1. The fourth-order valence-electron chi connectivity index (χ4n) is 4.38. The fourth-order valence-corrected chi connectivity index (χ4v) is 4.38. The first-order valence-corrected chi connectivity index (χ1v) is 14.2. The van der Waals surface area contributed by atoms with E-state index in [-0.39, 0.29) is 5.75 Å². The van der Waals surface area contributed by atoms with E-state index in [9.17, 15) is 9.18 Å². The van der Waals surface area contributed by atoms with E-state index in [1.54, 1.807) is 6.92 Å². The molecule has 0 saturated heterocycles. The van der Waals surface area contributed by atoms with Crippen molar-refractivity contribution in [2.75, 3.05) is 33.3 Å². The Morgan fingerprint density at radius 1 is 0.714 bits per heavy atom. The van der Waals surface area contributed by atoms with Crippen LogP contribution in [0.3, 0.4) is 0 Å². The molecule has 42 heavy (non-hydrogen) atoms. The molecule has 3 N–H and O–H groups in total. The standard InChI is InChI=1S/C27H33N3O.C7H7FO.CH4O/c31-24-30(23-27-15-8-3-9-16-27)20-18-28-17-10-19-29(21-25-11-4-1-5-12-25)22-26-13-6-2-7-14-26;1-5-2-6(8)4-7(9)3-5;1-2/h1-9,11-16,24,28H,10,17-23H2;2-4,9H,1H3;2H,1H3. The zero-order valence-electron chi connectivity index (χ0n) is 24.7. The highest BCUT2D eigenvalue weighted by atomic mass is 19.1. The van der Waals surface area contributed by atoms with Gasteiger partial charge < -0.3 is 20.4 Å². The molecular weight excluding hydrogens is 529 g/mol. The predicted octanol–water partition coefficient (Wildman–Crippen LogP) is 5.78. The summed E-state index contributed by atoms with van der Waals surface area (Å²) in [5.74, 6) is -0.417. The van der Waals surface area contributed by atoms with Crippen LogP contribution in [0.4, 0.5) is 4.39 Å². The van der Waals surface area contributed by atoms with E-state index in [0.717, 1.165) is 76.4 Å². The van der Waals surface area contributed by atoms with Gasteiger partial charge >= 0.3 is 0 Å². The second kappa shape index (κ2) is 20.8. The summed E-state index contributed by atoms with van der Waals surface area (Å²) in [4.78, 5) is 15.7. The molecule has 0 atom stereocenters. The molecule has 0 fully saturated rings. The number of carbonyl (C=O) groups excluding carboxylic acids is 1. The molecule has 0 radical (unpaired) electrons. The molecule has 0 unspecified atom stereocenters. The number of hydrogen-bond acceptors (Lipinski definition) is 5. The van der Waals surface area contributed by atoms with Crippen LogP contribution in [0.25, 0.3) is 0 Å². The highest BCUT2D eigenvalue weighted by molar-refractivity contribution is 5.47. The average Bonchev–Trinajstić information content (AvgIpc) is 3.00.